The van der Waals surface area contributed by atoms with Crippen LogP contribution in [-0.2, 0) is 5.41 Å². The van der Waals surface area contributed by atoms with Crippen LogP contribution in [0.15, 0.2) is 4.52 Å². The Labute approximate surface area is 78.5 Å². The standard InChI is InChI=1S/C10H16N2O/c1-8-11-9(13-12-8)10(2)6-4-3-5-7-10/h3-7H2,1-2H3. The number of aryl methyl sites for hydroxylation is 1. The highest BCUT2D eigenvalue weighted by molar-refractivity contribution is 5.03. The van der Waals surface area contributed by atoms with Crippen molar-refractivity contribution < 1.29 is 4.52 Å². The molecule has 1 saturated carbocycles. The molecule has 1 aromatic heterocycles. The van der Waals surface area contributed by atoms with Crippen molar-refractivity contribution in [3.63, 3.8) is 0 Å². The van der Waals surface area contributed by atoms with Crippen molar-refractivity contribution in [3.05, 3.63) is 11.7 Å². The SMILES string of the molecule is Cc1noc(C2(C)CCCCC2)n1. The van der Waals surface area contributed by atoms with E-state index in [1.807, 2.05) is 6.92 Å². The first-order valence-electron chi connectivity index (χ1n) is 5.01. The number of nitrogens with zero attached hydrogens (tertiary/aromatic N) is 2. The fraction of sp³-hybridized carbons (Fsp3) is 0.800. The van der Waals surface area contributed by atoms with Gasteiger partial charge in [0.1, 0.15) is 0 Å². The molecule has 3 heteroatoms. The number of hydrogen-bond donors (Lipinski definition) is 0. The van der Waals surface area contributed by atoms with Crippen LogP contribution in [0.2, 0.25) is 0 Å². The maximum absolute atomic E-state index is 5.25. The van der Waals surface area contributed by atoms with Crippen LogP contribution in [0.5, 0.6) is 0 Å². The van der Waals surface area contributed by atoms with Gasteiger partial charge >= 0.3 is 0 Å². The van der Waals surface area contributed by atoms with Gasteiger partial charge in [-0.05, 0) is 19.8 Å². The second-order valence-electron chi connectivity index (χ2n) is 4.27. The average Bonchev–Trinajstić information content (AvgIpc) is 2.54. The van der Waals surface area contributed by atoms with Crippen molar-refractivity contribution in [2.24, 2.45) is 0 Å². The summed E-state index contributed by atoms with van der Waals surface area (Å²) in [4.78, 5) is 4.33. The minimum atomic E-state index is 0.152. The lowest BCUT2D eigenvalue weighted by Gasteiger charge is -2.29. The third-order valence-corrected chi connectivity index (χ3v) is 3.00. The zero-order chi connectivity index (χ0) is 9.31. The lowest BCUT2D eigenvalue weighted by atomic mass is 9.76. The number of aromatic nitrogens is 2. The van der Waals surface area contributed by atoms with Crippen LogP contribution in [-0.4, -0.2) is 10.1 Å². The molecular weight excluding hydrogens is 164 g/mol. The average molecular weight is 180 g/mol. The topological polar surface area (TPSA) is 38.9 Å². The predicted molar refractivity (Wildman–Crippen MR) is 49.5 cm³/mol. The van der Waals surface area contributed by atoms with E-state index >= 15 is 0 Å². The summed E-state index contributed by atoms with van der Waals surface area (Å²) in [6.07, 6.45) is 6.31. The molecule has 0 bridgehead atoms. The van der Waals surface area contributed by atoms with E-state index in [0.717, 1.165) is 11.7 Å². The Morgan fingerprint density at radius 3 is 2.46 bits per heavy atom. The molecule has 1 aliphatic carbocycles. The monoisotopic (exact) mass is 180 g/mol. The molecule has 0 radical (unpaired) electrons. The fourth-order valence-electron chi connectivity index (χ4n) is 2.09. The molecule has 1 aliphatic rings. The minimum Gasteiger partial charge on any atom is -0.339 e. The van der Waals surface area contributed by atoms with Crippen molar-refractivity contribution in [2.45, 2.75) is 51.4 Å². The first kappa shape index (κ1) is 8.73. The molecular formula is C10H16N2O. The van der Waals surface area contributed by atoms with Gasteiger partial charge in [0.2, 0.25) is 5.89 Å². The van der Waals surface area contributed by atoms with Gasteiger partial charge in [-0.2, -0.15) is 4.98 Å². The van der Waals surface area contributed by atoms with Gasteiger partial charge < -0.3 is 4.52 Å². The van der Waals surface area contributed by atoms with Crippen molar-refractivity contribution in [1.82, 2.24) is 10.1 Å². The van der Waals surface area contributed by atoms with E-state index in [9.17, 15) is 0 Å². The third-order valence-electron chi connectivity index (χ3n) is 3.00. The zero-order valence-electron chi connectivity index (χ0n) is 8.34. The largest absolute Gasteiger partial charge is 0.339 e. The molecule has 0 saturated heterocycles. The fourth-order valence-corrected chi connectivity index (χ4v) is 2.09. The molecule has 1 heterocycles. The highest BCUT2D eigenvalue weighted by atomic mass is 16.5. The Balaban J connectivity index is 2.22. The van der Waals surface area contributed by atoms with E-state index in [1.54, 1.807) is 0 Å². The van der Waals surface area contributed by atoms with Gasteiger partial charge in [-0.1, -0.05) is 31.3 Å². The molecule has 72 valence electrons. The van der Waals surface area contributed by atoms with Crippen LogP contribution < -0.4 is 0 Å². The Hall–Kier alpha value is -0.860. The van der Waals surface area contributed by atoms with Gasteiger partial charge in [-0.3, -0.25) is 0 Å². The molecule has 3 nitrogen and oxygen atoms in total. The van der Waals surface area contributed by atoms with E-state index in [2.05, 4.69) is 17.1 Å². The molecule has 0 atom stereocenters. The summed E-state index contributed by atoms with van der Waals surface area (Å²) in [5.41, 5.74) is 0.152. The van der Waals surface area contributed by atoms with Crippen molar-refractivity contribution in [1.29, 1.82) is 0 Å². The molecule has 1 fully saturated rings. The molecule has 0 N–H and O–H groups in total. The summed E-state index contributed by atoms with van der Waals surface area (Å²) in [6.45, 7) is 4.11. The summed E-state index contributed by atoms with van der Waals surface area (Å²) in [5.74, 6) is 1.59. The molecule has 0 aliphatic heterocycles. The summed E-state index contributed by atoms with van der Waals surface area (Å²) in [7, 11) is 0. The van der Waals surface area contributed by atoms with E-state index in [0.29, 0.717) is 0 Å². The lowest BCUT2D eigenvalue weighted by molar-refractivity contribution is 0.232. The summed E-state index contributed by atoms with van der Waals surface area (Å²) in [5, 5.41) is 3.85. The summed E-state index contributed by atoms with van der Waals surface area (Å²) < 4.78 is 5.25. The van der Waals surface area contributed by atoms with Gasteiger partial charge in [0, 0.05) is 5.41 Å². The highest BCUT2D eigenvalue weighted by Crippen LogP contribution is 2.37. The van der Waals surface area contributed by atoms with Crippen LogP contribution in [0.1, 0.15) is 50.7 Å². The molecule has 2 rings (SSSR count). The quantitative estimate of drug-likeness (QED) is 0.666. The highest BCUT2D eigenvalue weighted by Gasteiger charge is 2.33. The minimum absolute atomic E-state index is 0.152. The van der Waals surface area contributed by atoms with Crippen molar-refractivity contribution >= 4 is 0 Å². The molecule has 13 heavy (non-hydrogen) atoms. The Morgan fingerprint density at radius 1 is 1.23 bits per heavy atom. The predicted octanol–water partition coefficient (Wildman–Crippen LogP) is 2.60. The number of rotatable bonds is 1. The van der Waals surface area contributed by atoms with Crippen LogP contribution in [0.25, 0.3) is 0 Å². The van der Waals surface area contributed by atoms with E-state index in [1.165, 1.54) is 32.1 Å². The van der Waals surface area contributed by atoms with Gasteiger partial charge in [-0.25, -0.2) is 0 Å². The smallest absolute Gasteiger partial charge is 0.232 e. The second kappa shape index (κ2) is 3.13. The third kappa shape index (κ3) is 1.60. The van der Waals surface area contributed by atoms with Gasteiger partial charge in [-0.15, -0.1) is 0 Å². The van der Waals surface area contributed by atoms with Crippen molar-refractivity contribution in [3.8, 4) is 0 Å². The first-order chi connectivity index (χ1) is 6.21. The van der Waals surface area contributed by atoms with E-state index < -0.39 is 0 Å². The van der Waals surface area contributed by atoms with Gasteiger partial charge in [0.25, 0.3) is 0 Å². The van der Waals surface area contributed by atoms with E-state index in [-0.39, 0.29) is 5.41 Å². The second-order valence-corrected chi connectivity index (χ2v) is 4.27. The summed E-state index contributed by atoms with van der Waals surface area (Å²) in [6, 6.07) is 0. The van der Waals surface area contributed by atoms with Crippen LogP contribution in [0.3, 0.4) is 0 Å². The van der Waals surface area contributed by atoms with Crippen LogP contribution >= 0.6 is 0 Å². The molecule has 0 aromatic carbocycles. The van der Waals surface area contributed by atoms with Gasteiger partial charge in [0.05, 0.1) is 0 Å². The van der Waals surface area contributed by atoms with Crippen molar-refractivity contribution in [2.75, 3.05) is 0 Å². The maximum Gasteiger partial charge on any atom is 0.232 e. The zero-order valence-corrected chi connectivity index (χ0v) is 8.34. The normalized spacial score (nSPS) is 21.7. The molecule has 0 amide bonds. The molecule has 0 spiro atoms. The Bertz CT molecular complexity index is 287. The molecule has 1 aromatic rings. The Kier molecular flexibility index (Phi) is 2.10. The number of hydrogen-bond acceptors (Lipinski definition) is 3. The lowest BCUT2D eigenvalue weighted by Crippen LogP contribution is -2.25. The van der Waals surface area contributed by atoms with Crippen LogP contribution in [0.4, 0.5) is 0 Å². The maximum atomic E-state index is 5.25. The summed E-state index contributed by atoms with van der Waals surface area (Å²) >= 11 is 0. The van der Waals surface area contributed by atoms with E-state index in [4.69, 9.17) is 4.52 Å². The van der Waals surface area contributed by atoms with Crippen LogP contribution in [0, 0.1) is 6.92 Å². The van der Waals surface area contributed by atoms with Gasteiger partial charge in [0.15, 0.2) is 5.82 Å². The molecule has 0 unspecified atom stereocenters. The first-order valence-corrected chi connectivity index (χ1v) is 5.01. The Morgan fingerprint density at radius 2 is 1.92 bits per heavy atom.